The maximum atomic E-state index is 11.8. The predicted octanol–water partition coefficient (Wildman–Crippen LogP) is 3.14. The van der Waals surface area contributed by atoms with Gasteiger partial charge in [-0.05, 0) is 18.9 Å². The Balaban J connectivity index is 2.54. The molecule has 3 heteroatoms. The van der Waals surface area contributed by atoms with Crippen molar-refractivity contribution < 1.29 is 9.53 Å². The molecule has 3 nitrogen and oxygen atoms in total. The molecule has 1 rings (SSSR count). The van der Waals surface area contributed by atoms with E-state index < -0.39 is 0 Å². The van der Waals surface area contributed by atoms with Crippen LogP contribution in [0.25, 0.3) is 0 Å². The molecule has 0 amide bonds. The van der Waals surface area contributed by atoms with E-state index >= 15 is 0 Å². The van der Waals surface area contributed by atoms with Crippen molar-refractivity contribution in [3.05, 3.63) is 35.9 Å². The highest BCUT2D eigenvalue weighted by Crippen LogP contribution is 2.12. The molecule has 0 saturated heterocycles. The van der Waals surface area contributed by atoms with Crippen molar-refractivity contribution in [3.8, 4) is 0 Å². The van der Waals surface area contributed by atoms with Crippen LogP contribution in [0, 0.1) is 5.92 Å². The van der Waals surface area contributed by atoms with Gasteiger partial charge < -0.3 is 10.1 Å². The first kappa shape index (κ1) is 15.7. The molecule has 0 heterocycles. The van der Waals surface area contributed by atoms with Crippen molar-refractivity contribution in [1.29, 1.82) is 0 Å². The van der Waals surface area contributed by atoms with E-state index in [9.17, 15) is 4.79 Å². The van der Waals surface area contributed by atoms with Crippen LogP contribution in [0.15, 0.2) is 30.3 Å². The lowest BCUT2D eigenvalue weighted by molar-refractivity contribution is -0.148. The van der Waals surface area contributed by atoms with Gasteiger partial charge in [0, 0.05) is 12.6 Å². The average molecular weight is 263 g/mol. The summed E-state index contributed by atoms with van der Waals surface area (Å²) in [6, 6.07) is 10.4. The number of nitrogens with one attached hydrogen (secondary N) is 1. The first-order chi connectivity index (χ1) is 9.19. The lowest BCUT2D eigenvalue weighted by Crippen LogP contribution is -2.39. The molecule has 0 bridgehead atoms. The predicted molar refractivity (Wildman–Crippen MR) is 77.8 cm³/mol. The van der Waals surface area contributed by atoms with Gasteiger partial charge in [0.25, 0.3) is 0 Å². The van der Waals surface area contributed by atoms with E-state index in [4.69, 9.17) is 4.74 Å². The number of esters is 1. The second kappa shape index (κ2) is 8.70. The minimum absolute atomic E-state index is 0.108. The van der Waals surface area contributed by atoms with Gasteiger partial charge in [0.2, 0.25) is 0 Å². The average Bonchev–Trinajstić information content (AvgIpc) is 2.44. The van der Waals surface area contributed by atoms with E-state index in [0.717, 1.165) is 19.4 Å². The van der Waals surface area contributed by atoms with Gasteiger partial charge in [0.05, 0.1) is 12.5 Å². The Morgan fingerprint density at radius 1 is 1.26 bits per heavy atom. The second-order valence-electron chi connectivity index (χ2n) is 4.80. The first-order valence-corrected chi connectivity index (χ1v) is 7.13. The van der Waals surface area contributed by atoms with Gasteiger partial charge in [0.15, 0.2) is 0 Å². The number of rotatable bonds is 8. The van der Waals surface area contributed by atoms with Crippen LogP contribution in [0.1, 0.15) is 39.2 Å². The number of hydrogen-bond donors (Lipinski definition) is 1. The Morgan fingerprint density at radius 2 is 1.95 bits per heavy atom. The zero-order chi connectivity index (χ0) is 14.1. The van der Waals surface area contributed by atoms with Crippen LogP contribution in [-0.4, -0.2) is 18.6 Å². The summed E-state index contributed by atoms with van der Waals surface area (Å²) >= 11 is 0. The second-order valence-corrected chi connectivity index (χ2v) is 4.80. The Bertz CT molecular complexity index is 364. The zero-order valence-corrected chi connectivity index (χ0v) is 12.2. The smallest absolute Gasteiger partial charge is 0.310 e. The number of carbonyl (C=O) groups is 1. The van der Waals surface area contributed by atoms with Crippen molar-refractivity contribution in [2.24, 2.45) is 5.92 Å². The lowest BCUT2D eigenvalue weighted by atomic mass is 9.97. The summed E-state index contributed by atoms with van der Waals surface area (Å²) in [5.41, 5.74) is 1.24. The summed E-state index contributed by atoms with van der Waals surface area (Å²) < 4.78 is 5.10. The third-order valence-corrected chi connectivity index (χ3v) is 3.27. The Morgan fingerprint density at radius 3 is 2.53 bits per heavy atom. The van der Waals surface area contributed by atoms with Crippen LogP contribution in [0.3, 0.4) is 0 Å². The van der Waals surface area contributed by atoms with E-state index in [1.165, 1.54) is 5.56 Å². The lowest BCUT2D eigenvalue weighted by Gasteiger charge is -2.23. The minimum atomic E-state index is -0.110. The van der Waals surface area contributed by atoms with Crippen LogP contribution in [0.4, 0.5) is 0 Å². The minimum Gasteiger partial charge on any atom is -0.466 e. The van der Waals surface area contributed by atoms with E-state index in [1.54, 1.807) is 0 Å². The molecule has 2 atom stereocenters. The molecule has 1 aromatic rings. The van der Waals surface area contributed by atoms with Crippen LogP contribution in [-0.2, 0) is 16.1 Å². The zero-order valence-electron chi connectivity index (χ0n) is 12.2. The number of hydrogen-bond acceptors (Lipinski definition) is 3. The molecule has 0 unspecified atom stereocenters. The molecule has 0 saturated carbocycles. The summed E-state index contributed by atoms with van der Waals surface area (Å²) in [5.74, 6) is -0.217. The highest BCUT2D eigenvalue weighted by atomic mass is 16.5. The van der Waals surface area contributed by atoms with Crippen LogP contribution in [0.2, 0.25) is 0 Å². The van der Waals surface area contributed by atoms with Gasteiger partial charge in [-0.3, -0.25) is 4.79 Å². The van der Waals surface area contributed by atoms with Crippen LogP contribution in [0.5, 0.6) is 0 Å². The van der Waals surface area contributed by atoms with E-state index in [2.05, 4.69) is 24.4 Å². The molecule has 1 aromatic carbocycles. The SMILES string of the molecule is CCC[C@H](NCc1ccccc1)[C@@H](C)C(=O)OCC. The highest BCUT2D eigenvalue weighted by Gasteiger charge is 2.23. The van der Waals surface area contributed by atoms with Gasteiger partial charge in [-0.2, -0.15) is 0 Å². The van der Waals surface area contributed by atoms with Crippen LogP contribution >= 0.6 is 0 Å². The summed E-state index contributed by atoms with van der Waals surface area (Å²) in [6.45, 7) is 7.15. The van der Waals surface area contributed by atoms with Crippen molar-refractivity contribution in [1.82, 2.24) is 5.32 Å². The Hall–Kier alpha value is -1.35. The molecular weight excluding hydrogens is 238 g/mol. The van der Waals surface area contributed by atoms with Gasteiger partial charge in [-0.25, -0.2) is 0 Å². The molecule has 0 aromatic heterocycles. The molecule has 0 aliphatic rings. The topological polar surface area (TPSA) is 38.3 Å². The Labute approximate surface area is 116 Å². The van der Waals surface area contributed by atoms with Gasteiger partial charge in [0.1, 0.15) is 0 Å². The summed E-state index contributed by atoms with van der Waals surface area (Å²) in [6.07, 6.45) is 2.03. The van der Waals surface area contributed by atoms with Crippen molar-refractivity contribution in [2.45, 2.75) is 46.2 Å². The van der Waals surface area contributed by atoms with Crippen molar-refractivity contribution in [3.63, 3.8) is 0 Å². The number of carbonyl (C=O) groups excluding carboxylic acids is 1. The molecule has 0 aliphatic heterocycles. The summed E-state index contributed by atoms with van der Waals surface area (Å²) in [5, 5.41) is 3.48. The van der Waals surface area contributed by atoms with Gasteiger partial charge >= 0.3 is 5.97 Å². The monoisotopic (exact) mass is 263 g/mol. The molecule has 1 N–H and O–H groups in total. The van der Waals surface area contributed by atoms with Crippen molar-refractivity contribution >= 4 is 5.97 Å². The Kier molecular flexibility index (Phi) is 7.19. The molecule has 0 radical (unpaired) electrons. The van der Waals surface area contributed by atoms with E-state index in [1.807, 2.05) is 32.0 Å². The third-order valence-electron chi connectivity index (χ3n) is 3.27. The van der Waals surface area contributed by atoms with Crippen LogP contribution < -0.4 is 5.32 Å². The molecule has 0 spiro atoms. The summed E-state index contributed by atoms with van der Waals surface area (Å²) in [4.78, 5) is 11.8. The highest BCUT2D eigenvalue weighted by molar-refractivity contribution is 5.72. The largest absolute Gasteiger partial charge is 0.466 e. The quantitative estimate of drug-likeness (QED) is 0.732. The maximum Gasteiger partial charge on any atom is 0.310 e. The van der Waals surface area contributed by atoms with E-state index in [-0.39, 0.29) is 17.9 Å². The fourth-order valence-corrected chi connectivity index (χ4v) is 2.12. The van der Waals surface area contributed by atoms with Gasteiger partial charge in [-0.1, -0.05) is 50.6 Å². The fourth-order valence-electron chi connectivity index (χ4n) is 2.12. The molecule has 0 fully saturated rings. The fraction of sp³-hybridized carbons (Fsp3) is 0.562. The normalized spacial score (nSPS) is 13.8. The first-order valence-electron chi connectivity index (χ1n) is 7.13. The number of benzene rings is 1. The molecular formula is C16H25NO2. The van der Waals surface area contributed by atoms with E-state index in [0.29, 0.717) is 6.61 Å². The molecule has 0 aliphatic carbocycles. The molecule has 106 valence electrons. The third kappa shape index (κ3) is 5.43. The standard InChI is InChI=1S/C16H25NO2/c1-4-9-15(13(3)16(18)19-5-2)17-12-14-10-7-6-8-11-14/h6-8,10-11,13,15,17H,4-5,9,12H2,1-3H3/t13-,15+/m1/s1. The number of ether oxygens (including phenoxy) is 1. The van der Waals surface area contributed by atoms with Gasteiger partial charge in [-0.15, -0.1) is 0 Å². The van der Waals surface area contributed by atoms with Crippen molar-refractivity contribution in [2.75, 3.05) is 6.61 Å². The summed E-state index contributed by atoms with van der Waals surface area (Å²) in [7, 11) is 0. The maximum absolute atomic E-state index is 11.8. The molecule has 19 heavy (non-hydrogen) atoms.